The van der Waals surface area contributed by atoms with Crippen LogP contribution in [-0.4, -0.2) is 32.6 Å². The number of cyclic esters (lactones) is 1. The van der Waals surface area contributed by atoms with E-state index in [9.17, 15) is 22.0 Å². The van der Waals surface area contributed by atoms with E-state index in [1.54, 1.807) is 12.1 Å². The molecule has 1 saturated heterocycles. The van der Waals surface area contributed by atoms with E-state index in [4.69, 9.17) is 4.74 Å². The molecule has 1 heterocycles. The van der Waals surface area contributed by atoms with Crippen LogP contribution in [0.25, 0.3) is 0 Å². The summed E-state index contributed by atoms with van der Waals surface area (Å²) in [4.78, 5) is 12.2. The van der Waals surface area contributed by atoms with Crippen molar-refractivity contribution < 1.29 is 26.7 Å². The van der Waals surface area contributed by atoms with E-state index in [1.165, 1.54) is 17.0 Å². The molecule has 0 bridgehead atoms. The molecular weight excluding hydrogens is 354 g/mol. The second kappa shape index (κ2) is 6.67. The fraction of sp³-hybridized carbons (Fsp3) is 0.188. The number of carbonyl (C=O) groups is 1. The van der Waals surface area contributed by atoms with Crippen molar-refractivity contribution in [2.45, 2.75) is 11.4 Å². The van der Waals surface area contributed by atoms with Gasteiger partial charge in [-0.1, -0.05) is 12.1 Å². The molecule has 25 heavy (non-hydrogen) atoms. The number of sulfonamides is 1. The normalized spacial score (nSPS) is 14.5. The molecule has 6 nitrogen and oxygen atoms in total. The second-order valence-corrected chi connectivity index (χ2v) is 7.07. The van der Waals surface area contributed by atoms with Gasteiger partial charge in [-0.25, -0.2) is 22.0 Å². The molecule has 1 amide bonds. The Morgan fingerprint density at radius 2 is 1.96 bits per heavy atom. The first-order chi connectivity index (χ1) is 11.8. The number of hydrogen-bond donors (Lipinski definition) is 1. The third-order valence-corrected chi connectivity index (χ3v) is 4.98. The zero-order chi connectivity index (χ0) is 18.0. The fourth-order valence-corrected chi connectivity index (χ4v) is 3.56. The molecule has 1 fully saturated rings. The summed E-state index contributed by atoms with van der Waals surface area (Å²) < 4.78 is 58.6. The molecule has 3 rings (SSSR count). The molecule has 0 atom stereocenters. The molecule has 1 aliphatic heterocycles. The van der Waals surface area contributed by atoms with Gasteiger partial charge in [0.25, 0.3) is 10.0 Å². The van der Waals surface area contributed by atoms with Gasteiger partial charge in [-0.2, -0.15) is 0 Å². The lowest BCUT2D eigenvalue weighted by atomic mass is 10.2. The second-order valence-electron chi connectivity index (χ2n) is 5.42. The van der Waals surface area contributed by atoms with Gasteiger partial charge in [-0.3, -0.25) is 4.72 Å². The van der Waals surface area contributed by atoms with Gasteiger partial charge in [0.05, 0.1) is 6.54 Å². The van der Waals surface area contributed by atoms with Gasteiger partial charge in [-0.15, -0.1) is 0 Å². The average molecular weight is 368 g/mol. The van der Waals surface area contributed by atoms with Crippen LogP contribution in [0.4, 0.5) is 19.3 Å². The van der Waals surface area contributed by atoms with E-state index in [0.29, 0.717) is 24.8 Å². The van der Waals surface area contributed by atoms with Gasteiger partial charge in [0.1, 0.15) is 23.1 Å². The smallest absolute Gasteiger partial charge is 0.410 e. The number of nitrogens with zero attached hydrogens (tertiary/aromatic N) is 1. The number of benzene rings is 2. The Balaban J connectivity index is 1.81. The Bertz CT molecular complexity index is 918. The zero-order valence-corrected chi connectivity index (χ0v) is 13.7. The maximum Gasteiger partial charge on any atom is 0.410 e. The van der Waals surface area contributed by atoms with Crippen LogP contribution in [-0.2, 0) is 21.3 Å². The van der Waals surface area contributed by atoms with Gasteiger partial charge in [-0.05, 0) is 35.9 Å². The third kappa shape index (κ3) is 3.87. The number of carbonyl (C=O) groups excluding carboxylic acids is 1. The number of halogens is 2. The van der Waals surface area contributed by atoms with Crippen molar-refractivity contribution in [3.63, 3.8) is 0 Å². The Kier molecular flexibility index (Phi) is 4.58. The lowest BCUT2D eigenvalue weighted by molar-refractivity contribution is 0.157. The van der Waals surface area contributed by atoms with Crippen molar-refractivity contribution in [3.8, 4) is 0 Å². The maximum absolute atomic E-state index is 13.7. The highest BCUT2D eigenvalue weighted by Gasteiger charge is 2.23. The van der Waals surface area contributed by atoms with E-state index in [-0.39, 0.29) is 12.2 Å². The lowest BCUT2D eigenvalue weighted by Gasteiger charge is -2.14. The summed E-state index contributed by atoms with van der Waals surface area (Å²) in [5.41, 5.74) is 0.840. The highest BCUT2D eigenvalue weighted by Crippen LogP contribution is 2.21. The highest BCUT2D eigenvalue weighted by molar-refractivity contribution is 7.92. The van der Waals surface area contributed by atoms with Crippen LogP contribution in [0.15, 0.2) is 47.4 Å². The summed E-state index contributed by atoms with van der Waals surface area (Å²) in [6.45, 7) is 1.01. The van der Waals surface area contributed by atoms with Gasteiger partial charge < -0.3 is 9.64 Å². The number of amides is 1. The maximum atomic E-state index is 13.7. The quantitative estimate of drug-likeness (QED) is 0.881. The standard InChI is InChI=1S/C16H14F2N2O4S/c17-12-4-5-14(18)15(9-12)25(22,23)19-13-3-1-2-11(8-13)10-20-6-7-24-16(20)21/h1-5,8-9,19H,6-7,10H2. The van der Waals surface area contributed by atoms with Crippen molar-refractivity contribution >= 4 is 21.8 Å². The first kappa shape index (κ1) is 17.2. The summed E-state index contributed by atoms with van der Waals surface area (Å²) in [6.07, 6.45) is -0.437. The highest BCUT2D eigenvalue weighted by atomic mass is 32.2. The van der Waals surface area contributed by atoms with Crippen LogP contribution in [0.5, 0.6) is 0 Å². The minimum atomic E-state index is -4.29. The summed E-state index contributed by atoms with van der Waals surface area (Å²) >= 11 is 0. The predicted molar refractivity (Wildman–Crippen MR) is 85.4 cm³/mol. The topological polar surface area (TPSA) is 75.7 Å². The number of nitrogens with one attached hydrogen (secondary N) is 1. The molecule has 0 aliphatic carbocycles. The van der Waals surface area contributed by atoms with Crippen LogP contribution < -0.4 is 4.72 Å². The largest absolute Gasteiger partial charge is 0.448 e. The number of ether oxygens (including phenoxy) is 1. The van der Waals surface area contributed by atoms with Crippen molar-refractivity contribution in [2.75, 3.05) is 17.9 Å². The summed E-state index contributed by atoms with van der Waals surface area (Å²) in [6, 6.07) is 8.49. The Morgan fingerprint density at radius 3 is 2.68 bits per heavy atom. The molecule has 0 radical (unpaired) electrons. The van der Waals surface area contributed by atoms with Crippen molar-refractivity contribution in [1.29, 1.82) is 0 Å². The Hall–Kier alpha value is -2.68. The predicted octanol–water partition coefficient (Wildman–Crippen LogP) is 2.72. The molecule has 9 heteroatoms. The summed E-state index contributed by atoms with van der Waals surface area (Å²) in [5, 5.41) is 0. The van der Waals surface area contributed by atoms with Crippen LogP contribution in [0.1, 0.15) is 5.56 Å². The molecule has 0 spiro atoms. The average Bonchev–Trinajstić information content (AvgIpc) is 2.94. The minimum Gasteiger partial charge on any atom is -0.448 e. The number of rotatable bonds is 5. The first-order valence-corrected chi connectivity index (χ1v) is 8.82. The van der Waals surface area contributed by atoms with E-state index in [0.717, 1.165) is 12.1 Å². The van der Waals surface area contributed by atoms with Gasteiger partial charge in [0.2, 0.25) is 0 Å². The van der Waals surface area contributed by atoms with E-state index < -0.39 is 32.6 Å². The first-order valence-electron chi connectivity index (χ1n) is 7.34. The van der Waals surface area contributed by atoms with E-state index in [2.05, 4.69) is 4.72 Å². The summed E-state index contributed by atoms with van der Waals surface area (Å²) in [7, 11) is -4.29. The van der Waals surface area contributed by atoms with Crippen molar-refractivity contribution in [2.24, 2.45) is 0 Å². The SMILES string of the molecule is O=C1OCCN1Cc1cccc(NS(=O)(=O)c2cc(F)ccc2F)c1. The van der Waals surface area contributed by atoms with Crippen LogP contribution in [0.3, 0.4) is 0 Å². The molecule has 1 aliphatic rings. The fourth-order valence-electron chi connectivity index (χ4n) is 2.42. The van der Waals surface area contributed by atoms with Gasteiger partial charge in [0, 0.05) is 12.2 Å². The molecular formula is C16H14F2N2O4S. The molecule has 1 N–H and O–H groups in total. The van der Waals surface area contributed by atoms with E-state index >= 15 is 0 Å². The Morgan fingerprint density at radius 1 is 1.16 bits per heavy atom. The minimum absolute atomic E-state index is 0.175. The zero-order valence-electron chi connectivity index (χ0n) is 12.9. The summed E-state index contributed by atoms with van der Waals surface area (Å²) in [5.74, 6) is -1.91. The molecule has 0 unspecified atom stereocenters. The van der Waals surface area contributed by atoms with Gasteiger partial charge in [0.15, 0.2) is 0 Å². The molecule has 2 aromatic carbocycles. The Labute approximate surface area is 143 Å². The molecule has 2 aromatic rings. The lowest BCUT2D eigenvalue weighted by Crippen LogP contribution is -2.23. The number of hydrogen-bond acceptors (Lipinski definition) is 4. The van der Waals surface area contributed by atoms with Crippen molar-refractivity contribution in [3.05, 3.63) is 59.7 Å². The molecule has 0 aromatic heterocycles. The van der Waals surface area contributed by atoms with E-state index in [1.807, 2.05) is 0 Å². The van der Waals surface area contributed by atoms with Crippen LogP contribution in [0, 0.1) is 11.6 Å². The molecule has 0 saturated carbocycles. The van der Waals surface area contributed by atoms with Crippen LogP contribution >= 0.6 is 0 Å². The van der Waals surface area contributed by atoms with Crippen molar-refractivity contribution in [1.82, 2.24) is 4.90 Å². The third-order valence-electron chi connectivity index (χ3n) is 3.58. The molecule has 132 valence electrons. The van der Waals surface area contributed by atoms with Gasteiger partial charge >= 0.3 is 6.09 Å². The van der Waals surface area contributed by atoms with Crippen LogP contribution in [0.2, 0.25) is 0 Å². The monoisotopic (exact) mass is 368 g/mol. The number of anilines is 1.